The number of imide groups is 1. The summed E-state index contributed by atoms with van der Waals surface area (Å²) in [5.41, 5.74) is -0.811. The molecule has 3 heterocycles. The molecule has 4 amide bonds. The molecule has 2 aliphatic heterocycles. The minimum Gasteiger partial charge on any atom is -0.466 e. The van der Waals surface area contributed by atoms with Crippen molar-refractivity contribution in [3.05, 3.63) is 76.3 Å². The molecule has 3 atom stereocenters. The smallest absolute Gasteiger partial charge is 0.416 e. The van der Waals surface area contributed by atoms with Crippen LogP contribution in [0.25, 0.3) is 0 Å². The van der Waals surface area contributed by atoms with Crippen LogP contribution in [0, 0.1) is 11.6 Å². The Balaban J connectivity index is 1.44. The number of pyridine rings is 1. The van der Waals surface area contributed by atoms with Crippen LogP contribution >= 0.6 is 0 Å². The lowest BCUT2D eigenvalue weighted by Crippen LogP contribution is -2.56. The van der Waals surface area contributed by atoms with Crippen molar-refractivity contribution in [3.63, 3.8) is 0 Å². The topological polar surface area (TPSA) is 134 Å². The van der Waals surface area contributed by atoms with Crippen LogP contribution in [0.2, 0.25) is 0 Å². The van der Waals surface area contributed by atoms with Crippen molar-refractivity contribution in [3.8, 4) is 0 Å². The van der Waals surface area contributed by atoms with Crippen LogP contribution in [-0.2, 0) is 20.4 Å². The largest absolute Gasteiger partial charge is 0.466 e. The van der Waals surface area contributed by atoms with Gasteiger partial charge in [-0.25, -0.2) is 28.1 Å². The Kier molecular flexibility index (Phi) is 10.5. The lowest BCUT2D eigenvalue weighted by atomic mass is 9.93. The number of esters is 1. The zero-order valence-corrected chi connectivity index (χ0v) is 23.8. The van der Waals surface area contributed by atoms with Gasteiger partial charge in [0.05, 0.1) is 42.3 Å². The van der Waals surface area contributed by atoms with Crippen LogP contribution < -0.4 is 21.3 Å². The maximum Gasteiger partial charge on any atom is 0.416 e. The first-order valence-corrected chi connectivity index (χ1v) is 13.6. The van der Waals surface area contributed by atoms with E-state index < -0.39 is 53.5 Å². The van der Waals surface area contributed by atoms with Gasteiger partial charge in [-0.1, -0.05) is 6.07 Å². The van der Waals surface area contributed by atoms with Crippen molar-refractivity contribution in [2.75, 3.05) is 40.5 Å². The summed E-state index contributed by atoms with van der Waals surface area (Å²) >= 11 is 0. The summed E-state index contributed by atoms with van der Waals surface area (Å²) in [6.45, 7) is 0.497. The number of alkyl halides is 3. The fraction of sp³-hybridized carbons (Fsp3) is 0.429. The third-order valence-electron chi connectivity index (χ3n) is 7.21. The van der Waals surface area contributed by atoms with Crippen molar-refractivity contribution in [2.45, 2.75) is 37.1 Å². The van der Waals surface area contributed by atoms with Gasteiger partial charge >= 0.3 is 24.2 Å². The first-order chi connectivity index (χ1) is 20.9. The van der Waals surface area contributed by atoms with Gasteiger partial charge in [-0.3, -0.25) is 4.98 Å². The average Bonchev–Trinajstić information content (AvgIpc) is 3.00. The van der Waals surface area contributed by atoms with Crippen LogP contribution in [0.1, 0.15) is 41.7 Å². The predicted octanol–water partition coefficient (Wildman–Crippen LogP) is 3.31. The van der Waals surface area contributed by atoms with E-state index in [4.69, 9.17) is 9.47 Å². The zero-order chi connectivity index (χ0) is 32.0. The van der Waals surface area contributed by atoms with Crippen molar-refractivity contribution in [1.82, 2.24) is 31.2 Å². The second kappa shape index (κ2) is 14.1. The molecule has 11 nitrogen and oxygen atoms in total. The van der Waals surface area contributed by atoms with E-state index in [2.05, 4.69) is 26.3 Å². The fourth-order valence-electron chi connectivity index (χ4n) is 5.15. The number of methoxy groups -OCH3 is 2. The van der Waals surface area contributed by atoms with Crippen LogP contribution in [0.5, 0.6) is 0 Å². The molecule has 1 aromatic carbocycles. The Hall–Kier alpha value is -4.15. The molecule has 16 heteroatoms. The minimum absolute atomic E-state index is 0.00567. The van der Waals surface area contributed by atoms with Gasteiger partial charge in [-0.2, -0.15) is 13.2 Å². The molecule has 1 fully saturated rings. The van der Waals surface area contributed by atoms with E-state index in [1.165, 1.54) is 7.11 Å². The molecule has 0 saturated carbocycles. The van der Waals surface area contributed by atoms with E-state index in [-0.39, 0.29) is 48.3 Å². The number of nitrogens with zero attached hydrogens (tertiary/aromatic N) is 2. The number of piperidine rings is 1. The highest BCUT2D eigenvalue weighted by Gasteiger charge is 2.43. The van der Waals surface area contributed by atoms with Gasteiger partial charge in [0.2, 0.25) is 0 Å². The number of amides is 4. The summed E-state index contributed by atoms with van der Waals surface area (Å²) in [5.74, 6) is -3.35. The highest BCUT2D eigenvalue weighted by Crippen LogP contribution is 2.35. The number of nitrogens with one attached hydrogen (secondary N) is 4. The molecule has 4 N–H and O–H groups in total. The minimum atomic E-state index is -4.49. The zero-order valence-electron chi connectivity index (χ0n) is 23.8. The highest BCUT2D eigenvalue weighted by atomic mass is 19.4. The quantitative estimate of drug-likeness (QED) is 0.189. The van der Waals surface area contributed by atoms with Crippen molar-refractivity contribution >= 4 is 18.0 Å². The second-order valence-corrected chi connectivity index (χ2v) is 10.1. The van der Waals surface area contributed by atoms with Gasteiger partial charge in [0.25, 0.3) is 0 Å². The lowest BCUT2D eigenvalue weighted by molar-refractivity contribution is -0.138. The van der Waals surface area contributed by atoms with E-state index in [9.17, 15) is 36.3 Å². The van der Waals surface area contributed by atoms with Crippen molar-refractivity contribution < 1.29 is 45.8 Å². The second-order valence-electron chi connectivity index (χ2n) is 10.1. The standard InChI is InChI=1S/C28H31F5N6O5/c1-43-14-22-23(25(40)44-2)24(15-3-4-18(29)19(30)11-15)39(27(42)38-22)26(41)37-10-9-34-17-6-8-36-21(13-17)20-12-16(5-7-35-20)28(31,32)33/h3-5,7,11-12,17,21,24,34,36H,6,8-10,13-14H2,1-2H3,(H,37,41)(H,38,42)/t17?,21?,24-/m0/s1. The first-order valence-electron chi connectivity index (χ1n) is 13.6. The summed E-state index contributed by atoms with van der Waals surface area (Å²) in [6, 6.07) is 0.760. The number of carbonyl (C=O) groups excluding carboxylic acids is 3. The highest BCUT2D eigenvalue weighted by molar-refractivity contribution is 6.01. The molecule has 0 spiro atoms. The van der Waals surface area contributed by atoms with Gasteiger partial charge in [0, 0.05) is 32.4 Å². The third kappa shape index (κ3) is 7.49. The van der Waals surface area contributed by atoms with Gasteiger partial charge in [-0.15, -0.1) is 0 Å². The molecular formula is C28H31F5N6O5. The van der Waals surface area contributed by atoms with Crippen molar-refractivity contribution in [1.29, 1.82) is 0 Å². The SMILES string of the molecule is COCC1=C(C(=O)OC)[C@H](c2ccc(F)c(F)c2)N(C(=O)NCCNC2CCNC(c3cc(C(F)(F)F)ccn3)C2)C(=O)N1. The van der Waals surface area contributed by atoms with E-state index in [0.717, 1.165) is 43.6 Å². The summed E-state index contributed by atoms with van der Waals surface area (Å²) < 4.78 is 77.3. The molecule has 2 aliphatic rings. The maximum absolute atomic E-state index is 14.2. The number of carbonyl (C=O) groups is 3. The summed E-state index contributed by atoms with van der Waals surface area (Å²) in [7, 11) is 2.40. The number of ether oxygens (including phenoxy) is 2. The van der Waals surface area contributed by atoms with Crippen LogP contribution in [0.3, 0.4) is 0 Å². The Labute approximate surface area is 249 Å². The molecule has 1 saturated heterocycles. The maximum atomic E-state index is 14.2. The van der Waals surface area contributed by atoms with Crippen LogP contribution in [-0.4, -0.2) is 74.4 Å². The average molecular weight is 627 g/mol. The Morgan fingerprint density at radius 2 is 1.89 bits per heavy atom. The number of urea groups is 2. The molecule has 2 aromatic rings. The molecule has 0 bridgehead atoms. The molecular weight excluding hydrogens is 595 g/mol. The van der Waals surface area contributed by atoms with Crippen molar-refractivity contribution in [2.24, 2.45) is 0 Å². The van der Waals surface area contributed by atoms with E-state index in [0.29, 0.717) is 24.3 Å². The van der Waals surface area contributed by atoms with Gasteiger partial charge in [-0.05, 0) is 49.2 Å². The van der Waals surface area contributed by atoms with Crippen LogP contribution in [0.15, 0.2) is 47.8 Å². The van der Waals surface area contributed by atoms with E-state index >= 15 is 0 Å². The predicted molar refractivity (Wildman–Crippen MR) is 145 cm³/mol. The normalized spacial score (nSPS) is 20.8. The fourth-order valence-corrected chi connectivity index (χ4v) is 5.15. The third-order valence-corrected chi connectivity index (χ3v) is 7.21. The summed E-state index contributed by atoms with van der Waals surface area (Å²) in [4.78, 5) is 44.0. The first kappa shape index (κ1) is 32.8. The molecule has 44 heavy (non-hydrogen) atoms. The number of benzene rings is 1. The van der Waals surface area contributed by atoms with E-state index in [1.54, 1.807) is 0 Å². The number of halogens is 5. The number of aromatic nitrogens is 1. The number of hydrogen-bond acceptors (Lipinski definition) is 8. The summed E-state index contributed by atoms with van der Waals surface area (Å²) in [5, 5.41) is 11.4. The summed E-state index contributed by atoms with van der Waals surface area (Å²) in [6.07, 6.45) is -2.28. The molecule has 2 unspecified atom stereocenters. The molecule has 4 rings (SSSR count). The Bertz CT molecular complexity index is 1420. The number of rotatable bonds is 9. The number of hydrogen-bond donors (Lipinski definition) is 4. The van der Waals surface area contributed by atoms with Gasteiger partial charge < -0.3 is 30.7 Å². The van der Waals surface area contributed by atoms with Gasteiger partial charge in [0.1, 0.15) is 6.04 Å². The Morgan fingerprint density at radius 1 is 1.11 bits per heavy atom. The van der Waals surface area contributed by atoms with Crippen LogP contribution in [0.4, 0.5) is 31.5 Å². The molecule has 0 aliphatic carbocycles. The lowest BCUT2D eigenvalue weighted by Gasteiger charge is -2.36. The molecule has 0 radical (unpaired) electrons. The van der Waals surface area contributed by atoms with E-state index in [1.807, 2.05) is 0 Å². The Morgan fingerprint density at radius 3 is 2.57 bits per heavy atom. The van der Waals surface area contributed by atoms with Gasteiger partial charge in [0.15, 0.2) is 11.6 Å². The molecule has 238 valence electrons. The monoisotopic (exact) mass is 626 g/mol. The molecule has 1 aromatic heterocycles.